The van der Waals surface area contributed by atoms with Crippen LogP contribution in [-0.4, -0.2) is 0 Å². The normalized spacial score (nSPS) is 16.0. The second-order valence-electron chi connectivity index (χ2n) is 7.37. The van der Waals surface area contributed by atoms with Crippen molar-refractivity contribution in [1.29, 1.82) is 0 Å². The summed E-state index contributed by atoms with van der Waals surface area (Å²) in [6.45, 7) is 0. The highest BCUT2D eigenvalue weighted by Gasteiger charge is 2.31. The topological polar surface area (TPSA) is 0 Å². The highest BCUT2D eigenvalue weighted by molar-refractivity contribution is 6.10. The summed E-state index contributed by atoms with van der Waals surface area (Å²) in [5.41, 5.74) is 9.19. The first-order valence-corrected chi connectivity index (χ1v) is 10.1. The van der Waals surface area contributed by atoms with Crippen LogP contribution in [0.1, 0.15) is 28.2 Å². The van der Waals surface area contributed by atoms with Crippen LogP contribution in [0.5, 0.6) is 0 Å². The first-order chi connectivity index (χ1) is 14.4. The van der Waals surface area contributed by atoms with E-state index in [1.165, 1.54) is 39.0 Å². The molecule has 138 valence electrons. The Kier molecular flexibility index (Phi) is 4.68. The molecule has 0 heterocycles. The number of hydrogen-bond donors (Lipinski definition) is 0. The highest BCUT2D eigenvalue weighted by atomic mass is 14.3. The Hall–Kier alpha value is -3.64. The summed E-state index contributed by atoms with van der Waals surface area (Å²) in [6.07, 6.45) is 2.39. The van der Waals surface area contributed by atoms with Crippen LogP contribution in [0.4, 0.5) is 0 Å². The SMILES string of the molecule is C1=C(c2ccccc2)C(c2ccccc2)C(c2ccccc2)=C1c1ccccc1. The van der Waals surface area contributed by atoms with E-state index in [-0.39, 0.29) is 5.92 Å². The Morgan fingerprint density at radius 3 is 1.41 bits per heavy atom. The summed E-state index contributed by atoms with van der Waals surface area (Å²) in [7, 11) is 0. The Labute approximate surface area is 172 Å². The van der Waals surface area contributed by atoms with Gasteiger partial charge in [-0.1, -0.05) is 121 Å². The minimum absolute atomic E-state index is 0.205. The summed E-state index contributed by atoms with van der Waals surface area (Å²) < 4.78 is 0. The largest absolute Gasteiger partial charge is 0.0622 e. The maximum absolute atomic E-state index is 2.39. The van der Waals surface area contributed by atoms with Crippen molar-refractivity contribution in [1.82, 2.24) is 0 Å². The zero-order chi connectivity index (χ0) is 19.5. The lowest BCUT2D eigenvalue weighted by Gasteiger charge is -2.21. The predicted octanol–water partition coefficient (Wildman–Crippen LogP) is 7.48. The molecule has 5 rings (SSSR count). The fourth-order valence-electron chi connectivity index (χ4n) is 4.30. The van der Waals surface area contributed by atoms with E-state index in [0.717, 1.165) is 0 Å². The van der Waals surface area contributed by atoms with Crippen molar-refractivity contribution >= 4 is 16.7 Å². The van der Waals surface area contributed by atoms with E-state index >= 15 is 0 Å². The fraction of sp³-hybridized carbons (Fsp3) is 0.0345. The van der Waals surface area contributed by atoms with E-state index in [0.29, 0.717) is 0 Å². The molecule has 1 aliphatic rings. The van der Waals surface area contributed by atoms with Crippen LogP contribution < -0.4 is 0 Å². The summed E-state index contributed by atoms with van der Waals surface area (Å²) in [6, 6.07) is 43.2. The van der Waals surface area contributed by atoms with Crippen LogP contribution in [-0.2, 0) is 0 Å². The molecule has 1 unspecified atom stereocenters. The van der Waals surface area contributed by atoms with E-state index in [4.69, 9.17) is 0 Å². The second-order valence-corrected chi connectivity index (χ2v) is 7.37. The van der Waals surface area contributed by atoms with Gasteiger partial charge >= 0.3 is 0 Å². The number of benzene rings is 4. The molecule has 0 amide bonds. The molecule has 0 aliphatic heterocycles. The lowest BCUT2D eigenvalue weighted by Crippen LogP contribution is -2.02. The molecule has 0 nitrogen and oxygen atoms in total. The summed E-state index contributed by atoms with van der Waals surface area (Å²) in [5.74, 6) is 0.205. The van der Waals surface area contributed by atoms with Crippen molar-refractivity contribution in [2.24, 2.45) is 0 Å². The van der Waals surface area contributed by atoms with Gasteiger partial charge in [-0.05, 0) is 45.0 Å². The third-order valence-corrected chi connectivity index (χ3v) is 5.60. The molecule has 1 atom stereocenters. The zero-order valence-corrected chi connectivity index (χ0v) is 16.2. The van der Waals surface area contributed by atoms with Crippen LogP contribution in [0, 0.1) is 0 Å². The van der Waals surface area contributed by atoms with Gasteiger partial charge in [-0.3, -0.25) is 0 Å². The average Bonchev–Trinajstić information content (AvgIpc) is 3.22. The molecule has 0 fully saturated rings. The third-order valence-electron chi connectivity index (χ3n) is 5.60. The van der Waals surface area contributed by atoms with Crippen molar-refractivity contribution in [2.45, 2.75) is 5.92 Å². The van der Waals surface area contributed by atoms with E-state index in [1.54, 1.807) is 0 Å². The quantitative estimate of drug-likeness (QED) is 0.349. The molecule has 0 saturated heterocycles. The molecule has 0 aromatic heterocycles. The maximum Gasteiger partial charge on any atom is 0.0358 e. The Balaban J connectivity index is 1.79. The third kappa shape index (κ3) is 3.34. The van der Waals surface area contributed by atoms with Crippen LogP contribution in [0.25, 0.3) is 16.7 Å². The minimum atomic E-state index is 0.205. The molecular weight excluding hydrogens is 348 g/mol. The first-order valence-electron chi connectivity index (χ1n) is 10.1. The monoisotopic (exact) mass is 370 g/mol. The van der Waals surface area contributed by atoms with E-state index in [2.05, 4.69) is 127 Å². The van der Waals surface area contributed by atoms with E-state index in [9.17, 15) is 0 Å². The number of rotatable bonds is 4. The zero-order valence-electron chi connectivity index (χ0n) is 16.2. The van der Waals surface area contributed by atoms with Crippen molar-refractivity contribution in [3.63, 3.8) is 0 Å². The summed E-state index contributed by atoms with van der Waals surface area (Å²) in [5, 5.41) is 0. The standard InChI is InChI=1S/C29H22/c1-5-13-22(14-6-1)26-21-27(23-15-7-2-8-16-23)29(25-19-11-4-12-20-25)28(26)24-17-9-3-10-18-24/h1-21,28H. The van der Waals surface area contributed by atoms with Crippen LogP contribution >= 0.6 is 0 Å². The van der Waals surface area contributed by atoms with E-state index < -0.39 is 0 Å². The fourth-order valence-corrected chi connectivity index (χ4v) is 4.30. The van der Waals surface area contributed by atoms with Gasteiger partial charge in [0.15, 0.2) is 0 Å². The number of allylic oxidation sites excluding steroid dienone is 4. The first kappa shape index (κ1) is 17.5. The molecular formula is C29H22. The molecule has 4 aromatic rings. The van der Waals surface area contributed by atoms with Gasteiger partial charge in [-0.15, -0.1) is 0 Å². The molecule has 0 spiro atoms. The van der Waals surface area contributed by atoms with Crippen LogP contribution in [0.15, 0.2) is 127 Å². The second kappa shape index (κ2) is 7.77. The van der Waals surface area contributed by atoms with Crippen molar-refractivity contribution in [2.75, 3.05) is 0 Å². The lowest BCUT2D eigenvalue weighted by atomic mass is 9.81. The molecule has 0 radical (unpaired) electrons. The maximum atomic E-state index is 2.39. The van der Waals surface area contributed by atoms with Gasteiger partial charge in [0, 0.05) is 5.92 Å². The Bertz CT molecular complexity index is 1150. The molecule has 4 aromatic carbocycles. The molecule has 0 bridgehead atoms. The highest BCUT2D eigenvalue weighted by Crippen LogP contribution is 2.51. The molecule has 0 saturated carbocycles. The van der Waals surface area contributed by atoms with Crippen molar-refractivity contribution < 1.29 is 0 Å². The minimum Gasteiger partial charge on any atom is -0.0622 e. The molecule has 1 aliphatic carbocycles. The van der Waals surface area contributed by atoms with Gasteiger partial charge < -0.3 is 0 Å². The van der Waals surface area contributed by atoms with Crippen molar-refractivity contribution in [3.05, 3.63) is 150 Å². The Morgan fingerprint density at radius 1 is 0.414 bits per heavy atom. The van der Waals surface area contributed by atoms with E-state index in [1.807, 2.05) is 0 Å². The van der Waals surface area contributed by atoms with Gasteiger partial charge in [0.05, 0.1) is 0 Å². The molecule has 29 heavy (non-hydrogen) atoms. The lowest BCUT2D eigenvalue weighted by molar-refractivity contribution is 1.14. The van der Waals surface area contributed by atoms with Gasteiger partial charge in [0.2, 0.25) is 0 Å². The molecule has 0 heteroatoms. The van der Waals surface area contributed by atoms with Gasteiger partial charge in [-0.25, -0.2) is 0 Å². The van der Waals surface area contributed by atoms with Gasteiger partial charge in [0.1, 0.15) is 0 Å². The number of hydrogen-bond acceptors (Lipinski definition) is 0. The summed E-state index contributed by atoms with van der Waals surface area (Å²) in [4.78, 5) is 0. The predicted molar refractivity (Wildman–Crippen MR) is 123 cm³/mol. The smallest absolute Gasteiger partial charge is 0.0358 e. The van der Waals surface area contributed by atoms with Gasteiger partial charge in [0.25, 0.3) is 0 Å². The summed E-state index contributed by atoms with van der Waals surface area (Å²) >= 11 is 0. The Morgan fingerprint density at radius 2 is 0.862 bits per heavy atom. The van der Waals surface area contributed by atoms with Crippen molar-refractivity contribution in [3.8, 4) is 0 Å². The van der Waals surface area contributed by atoms with Crippen LogP contribution in [0.3, 0.4) is 0 Å². The van der Waals surface area contributed by atoms with Gasteiger partial charge in [-0.2, -0.15) is 0 Å². The average molecular weight is 370 g/mol. The van der Waals surface area contributed by atoms with Crippen LogP contribution in [0.2, 0.25) is 0 Å². The molecule has 0 N–H and O–H groups in total.